The first-order chi connectivity index (χ1) is 24.8. The molecule has 11 heteroatoms. The van der Waals surface area contributed by atoms with Gasteiger partial charge >= 0.3 is 6.01 Å². The molecule has 1 N–H and O–H groups in total. The Balaban J connectivity index is 1.40. The van der Waals surface area contributed by atoms with Crippen LogP contribution in [0.5, 0.6) is 11.8 Å². The van der Waals surface area contributed by atoms with Crippen LogP contribution in [0.15, 0.2) is 30.5 Å². The third-order valence-corrected chi connectivity index (χ3v) is 18.4. The van der Waals surface area contributed by atoms with Gasteiger partial charge in [-0.3, -0.25) is 9.88 Å². The SMILES string of the molecule is CC(C)[Si](C#Cc1c(F)ccc2cc(O)cc(-c3ncc4c(N5CCCCC5)nc(OC[C@@]56CCCN5C[C@H](F)C6)nc4c3F)c12)(C(C)C)C(C)C. The van der Waals surface area contributed by atoms with E-state index in [4.69, 9.17) is 9.72 Å². The summed E-state index contributed by atoms with van der Waals surface area (Å²) < 4.78 is 54.0. The Morgan fingerprint density at radius 2 is 1.71 bits per heavy atom. The van der Waals surface area contributed by atoms with Gasteiger partial charge in [-0.05, 0) is 78.9 Å². The second kappa shape index (κ2) is 14.2. The molecule has 3 aliphatic rings. The zero-order chi connectivity index (χ0) is 36.9. The number of hydrogen-bond donors (Lipinski definition) is 1. The van der Waals surface area contributed by atoms with Crippen molar-refractivity contribution in [1.29, 1.82) is 0 Å². The summed E-state index contributed by atoms with van der Waals surface area (Å²) in [5.41, 5.74) is 4.53. The Hall–Kier alpha value is -3.88. The lowest BCUT2D eigenvalue weighted by molar-refractivity contribution is 0.107. The highest BCUT2D eigenvalue weighted by Gasteiger charge is 2.49. The second-order valence-corrected chi connectivity index (χ2v) is 21.7. The Bertz CT molecular complexity index is 2040. The summed E-state index contributed by atoms with van der Waals surface area (Å²) in [6.45, 7) is 16.1. The van der Waals surface area contributed by atoms with Crippen LogP contribution in [0.3, 0.4) is 0 Å². The third kappa shape index (κ3) is 6.29. The molecule has 3 aliphatic heterocycles. The molecule has 7 rings (SSSR count). The van der Waals surface area contributed by atoms with Gasteiger partial charge < -0.3 is 14.7 Å². The van der Waals surface area contributed by atoms with E-state index in [9.17, 15) is 9.50 Å². The third-order valence-electron chi connectivity index (χ3n) is 12.1. The molecule has 276 valence electrons. The summed E-state index contributed by atoms with van der Waals surface area (Å²) in [4.78, 5) is 18.4. The molecule has 0 unspecified atom stereocenters. The van der Waals surface area contributed by atoms with E-state index >= 15 is 8.78 Å². The molecular weight excluding hydrogens is 680 g/mol. The number of rotatable bonds is 8. The maximum absolute atomic E-state index is 17.2. The van der Waals surface area contributed by atoms with E-state index in [0.717, 1.165) is 51.7 Å². The van der Waals surface area contributed by atoms with Crippen molar-refractivity contribution >= 4 is 35.6 Å². The number of nitrogens with zero attached hydrogens (tertiary/aromatic N) is 5. The number of aromatic hydroxyl groups is 1. The van der Waals surface area contributed by atoms with Crippen LogP contribution in [-0.4, -0.2) is 77.5 Å². The fraction of sp³-hybridized carbons (Fsp3) is 0.537. The van der Waals surface area contributed by atoms with Gasteiger partial charge in [-0.1, -0.05) is 53.5 Å². The van der Waals surface area contributed by atoms with Crippen LogP contribution in [0.4, 0.5) is 19.0 Å². The molecule has 0 amide bonds. The van der Waals surface area contributed by atoms with Crippen molar-refractivity contribution in [2.45, 2.75) is 108 Å². The van der Waals surface area contributed by atoms with Crippen molar-refractivity contribution in [3.05, 3.63) is 47.7 Å². The second-order valence-electron chi connectivity index (χ2n) is 16.1. The largest absolute Gasteiger partial charge is 0.508 e. The van der Waals surface area contributed by atoms with E-state index in [2.05, 4.69) is 72.8 Å². The van der Waals surface area contributed by atoms with Gasteiger partial charge in [-0.25, -0.2) is 13.2 Å². The Labute approximate surface area is 306 Å². The van der Waals surface area contributed by atoms with Gasteiger partial charge in [0.2, 0.25) is 0 Å². The maximum atomic E-state index is 17.2. The first-order valence-corrected chi connectivity index (χ1v) is 21.2. The molecule has 2 atom stereocenters. The van der Waals surface area contributed by atoms with E-state index < -0.39 is 31.4 Å². The van der Waals surface area contributed by atoms with Gasteiger partial charge in [-0.15, -0.1) is 5.54 Å². The summed E-state index contributed by atoms with van der Waals surface area (Å²) in [6, 6.07) is 5.93. The highest BCUT2D eigenvalue weighted by Crippen LogP contribution is 2.43. The minimum Gasteiger partial charge on any atom is -0.508 e. The van der Waals surface area contributed by atoms with Gasteiger partial charge in [0.25, 0.3) is 0 Å². The van der Waals surface area contributed by atoms with E-state index in [1.54, 1.807) is 18.3 Å². The average molecular weight is 730 g/mol. The lowest BCUT2D eigenvalue weighted by Crippen LogP contribution is -2.43. The summed E-state index contributed by atoms with van der Waals surface area (Å²) in [6.07, 6.45) is 5.90. The Morgan fingerprint density at radius 3 is 2.42 bits per heavy atom. The van der Waals surface area contributed by atoms with Crippen molar-refractivity contribution in [2.24, 2.45) is 0 Å². The highest BCUT2D eigenvalue weighted by atomic mass is 28.3. The van der Waals surface area contributed by atoms with Crippen molar-refractivity contribution in [2.75, 3.05) is 37.7 Å². The van der Waals surface area contributed by atoms with Crippen LogP contribution in [0.25, 0.3) is 32.9 Å². The molecule has 0 radical (unpaired) electrons. The van der Waals surface area contributed by atoms with Gasteiger partial charge in [0.05, 0.1) is 16.5 Å². The van der Waals surface area contributed by atoms with Gasteiger partial charge in [-0.2, -0.15) is 9.97 Å². The Morgan fingerprint density at radius 1 is 0.981 bits per heavy atom. The number of ether oxygens (including phenoxy) is 1. The molecule has 7 nitrogen and oxygen atoms in total. The predicted molar refractivity (Wildman–Crippen MR) is 204 cm³/mol. The van der Waals surface area contributed by atoms with Crippen LogP contribution in [-0.2, 0) is 0 Å². The quantitative estimate of drug-likeness (QED) is 0.143. The molecule has 2 aromatic heterocycles. The minimum absolute atomic E-state index is 0.0255. The van der Waals surface area contributed by atoms with Crippen molar-refractivity contribution in [3.8, 4) is 34.5 Å². The number of piperidine rings is 1. The molecule has 5 heterocycles. The molecule has 0 saturated carbocycles. The first kappa shape index (κ1) is 36.5. The molecular formula is C41H50F3N5O2Si. The maximum Gasteiger partial charge on any atom is 0.319 e. The van der Waals surface area contributed by atoms with Gasteiger partial charge in [0.15, 0.2) is 5.82 Å². The van der Waals surface area contributed by atoms with Crippen LogP contribution >= 0.6 is 0 Å². The minimum atomic E-state index is -2.26. The van der Waals surface area contributed by atoms with Crippen LogP contribution in [0.1, 0.15) is 85.6 Å². The number of benzene rings is 2. The number of phenolic OH excluding ortho intramolecular Hbond substituents is 1. The highest BCUT2D eigenvalue weighted by molar-refractivity contribution is 6.90. The molecule has 4 aromatic rings. The van der Waals surface area contributed by atoms with E-state index in [-0.39, 0.29) is 40.7 Å². The molecule has 3 saturated heterocycles. The summed E-state index contributed by atoms with van der Waals surface area (Å²) in [5, 5.41) is 12.2. The Kier molecular flexibility index (Phi) is 9.93. The normalized spacial score (nSPS) is 21.1. The molecule has 52 heavy (non-hydrogen) atoms. The fourth-order valence-corrected chi connectivity index (χ4v) is 14.8. The standard InChI is InChI=1S/C41H50F3N5O2Si/c1-25(2)52(26(3)4,27(5)6)18-13-31-34(43)12-11-28-19-30(50)20-32(35(28)31)37-36(44)38-33(22-45-37)39(48-15-8-7-9-16-48)47-40(46-38)51-24-41-14-10-17-49(41)23-29(42)21-41/h11-12,19-20,22,25-27,29,50H,7-10,14-17,21,23-24H2,1-6H3/t29-,41+/m1/s1. The first-order valence-electron chi connectivity index (χ1n) is 19.0. The number of fused-ring (bicyclic) bond motifs is 3. The van der Waals surface area contributed by atoms with Crippen molar-refractivity contribution in [3.63, 3.8) is 0 Å². The summed E-state index contributed by atoms with van der Waals surface area (Å²) in [7, 11) is -2.26. The topological polar surface area (TPSA) is 74.6 Å². The monoisotopic (exact) mass is 729 g/mol. The number of phenols is 1. The average Bonchev–Trinajstić information content (AvgIpc) is 3.63. The molecule has 0 spiro atoms. The zero-order valence-electron chi connectivity index (χ0n) is 31.2. The number of alkyl halides is 1. The van der Waals surface area contributed by atoms with E-state index in [1.165, 1.54) is 12.1 Å². The van der Waals surface area contributed by atoms with E-state index in [0.29, 0.717) is 51.6 Å². The van der Waals surface area contributed by atoms with Gasteiger partial charge in [0, 0.05) is 43.2 Å². The van der Waals surface area contributed by atoms with Crippen molar-refractivity contribution < 1.29 is 23.0 Å². The molecule has 2 aromatic carbocycles. The van der Waals surface area contributed by atoms with Crippen LogP contribution < -0.4 is 9.64 Å². The molecule has 0 bridgehead atoms. The lowest BCUT2D eigenvalue weighted by atomic mass is 9.95. The fourth-order valence-electron chi connectivity index (χ4n) is 9.61. The molecule has 3 fully saturated rings. The van der Waals surface area contributed by atoms with Gasteiger partial charge in [0.1, 0.15) is 49.4 Å². The van der Waals surface area contributed by atoms with Crippen LogP contribution in [0.2, 0.25) is 16.6 Å². The molecule has 0 aliphatic carbocycles. The number of pyridine rings is 1. The summed E-state index contributed by atoms with van der Waals surface area (Å²) >= 11 is 0. The zero-order valence-corrected chi connectivity index (χ0v) is 32.2. The lowest BCUT2D eigenvalue weighted by Gasteiger charge is -2.38. The predicted octanol–water partition coefficient (Wildman–Crippen LogP) is 9.34. The number of anilines is 1. The summed E-state index contributed by atoms with van der Waals surface area (Å²) in [5.74, 6) is 2.48. The van der Waals surface area contributed by atoms with Crippen molar-refractivity contribution in [1.82, 2.24) is 19.9 Å². The number of aromatic nitrogens is 3. The van der Waals surface area contributed by atoms with Crippen LogP contribution in [0, 0.1) is 23.1 Å². The van der Waals surface area contributed by atoms with E-state index in [1.807, 2.05) is 0 Å². The number of halogens is 3. The smallest absolute Gasteiger partial charge is 0.319 e. The number of hydrogen-bond acceptors (Lipinski definition) is 7.